The number of aromatic nitrogens is 1. The van der Waals surface area contributed by atoms with Crippen molar-refractivity contribution < 1.29 is 13.2 Å². The van der Waals surface area contributed by atoms with Crippen LogP contribution in [-0.2, 0) is 15.4 Å². The van der Waals surface area contributed by atoms with E-state index in [4.69, 9.17) is 4.98 Å². The third-order valence-corrected chi connectivity index (χ3v) is 12.8. The lowest BCUT2D eigenvalue weighted by molar-refractivity contribution is 0.0699. The summed E-state index contributed by atoms with van der Waals surface area (Å²) in [4.78, 5) is 24.5. The molecule has 2 heterocycles. The summed E-state index contributed by atoms with van der Waals surface area (Å²) in [5, 5.41) is 10.7. The summed E-state index contributed by atoms with van der Waals surface area (Å²) in [5.74, 6) is -0.170. The van der Waals surface area contributed by atoms with Crippen LogP contribution in [0.2, 0.25) is 0 Å². The van der Waals surface area contributed by atoms with Gasteiger partial charge < -0.3 is 4.90 Å². The first-order valence-electron chi connectivity index (χ1n) is 15.4. The van der Waals surface area contributed by atoms with Crippen LogP contribution in [-0.4, -0.2) is 60.9 Å². The zero-order valence-electron chi connectivity index (χ0n) is 25.5. The average molecular weight is 647 g/mol. The smallest absolute Gasteiger partial charge is 0.256 e. The lowest BCUT2D eigenvalue weighted by atomic mass is 9.91. The van der Waals surface area contributed by atoms with E-state index >= 15 is 0 Å². The van der Waals surface area contributed by atoms with Crippen molar-refractivity contribution in [2.24, 2.45) is 0 Å². The van der Waals surface area contributed by atoms with Crippen LogP contribution in [0.15, 0.2) is 124 Å². The zero-order valence-corrected chi connectivity index (χ0v) is 27.2. The van der Waals surface area contributed by atoms with Gasteiger partial charge in [-0.25, -0.2) is 8.42 Å². The van der Waals surface area contributed by atoms with Crippen molar-refractivity contribution in [1.82, 2.24) is 14.2 Å². The molecule has 1 saturated heterocycles. The number of thiol groups is 1. The van der Waals surface area contributed by atoms with E-state index in [0.717, 1.165) is 45.3 Å². The number of carbonyl (C=O) groups is 1. The summed E-state index contributed by atoms with van der Waals surface area (Å²) < 4.78 is 25.7. The summed E-state index contributed by atoms with van der Waals surface area (Å²) in [6.07, 6.45) is 4.61. The second-order valence-corrected chi connectivity index (χ2v) is 16.1. The van der Waals surface area contributed by atoms with Gasteiger partial charge >= 0.3 is 0 Å². The van der Waals surface area contributed by atoms with Gasteiger partial charge in [0.2, 0.25) is 10.0 Å². The van der Waals surface area contributed by atoms with E-state index in [1.54, 1.807) is 11.1 Å². The van der Waals surface area contributed by atoms with Crippen LogP contribution < -0.4 is 0 Å². The number of sulfonamides is 1. The molecule has 7 nitrogen and oxygen atoms in total. The maximum absolute atomic E-state index is 14.2. The molecule has 9 heteroatoms. The van der Waals surface area contributed by atoms with E-state index in [1.165, 1.54) is 20.4 Å². The summed E-state index contributed by atoms with van der Waals surface area (Å²) >= 11 is 0. The standard InChI is InChI=1S/C37H34N4O3S2/c1-46(43,44)41-23-21-40(22-24-41)36(42)32-25-39-35-31(34(32)27-15-17-28(18-16-27)37(26-38)19-20-37)13-8-14-33(35)45(29-9-4-2-5-10-29)30-11-6-3-7-12-30/h2-18,25,45H,19-24H2,1H3. The van der Waals surface area contributed by atoms with Crippen LogP contribution in [0, 0.1) is 11.3 Å². The Kier molecular flexibility index (Phi) is 7.89. The largest absolute Gasteiger partial charge is 0.336 e. The van der Waals surface area contributed by atoms with Crippen LogP contribution >= 0.6 is 10.9 Å². The van der Waals surface area contributed by atoms with Crippen LogP contribution in [0.4, 0.5) is 0 Å². The molecule has 0 spiro atoms. The second-order valence-electron chi connectivity index (χ2n) is 12.0. The van der Waals surface area contributed by atoms with E-state index in [1.807, 2.05) is 48.5 Å². The quantitative estimate of drug-likeness (QED) is 0.200. The molecule has 0 radical (unpaired) electrons. The van der Waals surface area contributed by atoms with E-state index in [2.05, 4.69) is 60.7 Å². The van der Waals surface area contributed by atoms with Gasteiger partial charge in [0, 0.05) is 48.2 Å². The zero-order chi connectivity index (χ0) is 31.9. The molecule has 2 aliphatic rings. The normalized spacial score (nSPS) is 16.5. The molecule has 232 valence electrons. The third kappa shape index (κ3) is 5.58. The van der Waals surface area contributed by atoms with Crippen molar-refractivity contribution in [3.05, 3.63) is 120 Å². The van der Waals surface area contributed by atoms with Gasteiger partial charge in [-0.1, -0.05) is 72.8 Å². The van der Waals surface area contributed by atoms with Gasteiger partial charge in [-0.3, -0.25) is 9.78 Å². The summed E-state index contributed by atoms with van der Waals surface area (Å²) in [7, 11) is -4.28. The minimum atomic E-state index is -3.33. The monoisotopic (exact) mass is 646 g/mol. The number of nitriles is 1. The van der Waals surface area contributed by atoms with Crippen molar-refractivity contribution in [2.45, 2.75) is 32.9 Å². The first-order chi connectivity index (χ1) is 22.3. The Bertz CT molecular complexity index is 2030. The Morgan fingerprint density at radius 2 is 1.43 bits per heavy atom. The Balaban J connectivity index is 1.39. The van der Waals surface area contributed by atoms with E-state index in [9.17, 15) is 18.5 Å². The van der Waals surface area contributed by atoms with Gasteiger partial charge in [0.1, 0.15) is 0 Å². The van der Waals surface area contributed by atoms with Crippen LogP contribution in [0.25, 0.3) is 22.0 Å². The first-order valence-corrected chi connectivity index (χ1v) is 18.6. The number of hydrogen-bond donors (Lipinski definition) is 1. The third-order valence-electron chi connectivity index (χ3n) is 9.06. The molecule has 7 rings (SSSR count). The summed E-state index contributed by atoms with van der Waals surface area (Å²) in [6, 6.07) is 37.7. The fourth-order valence-corrected chi connectivity index (χ4v) is 9.63. The molecule has 1 aliphatic carbocycles. The van der Waals surface area contributed by atoms with Gasteiger partial charge in [0.25, 0.3) is 5.91 Å². The topological polar surface area (TPSA) is 94.4 Å². The van der Waals surface area contributed by atoms with Crippen molar-refractivity contribution in [3.63, 3.8) is 0 Å². The predicted molar refractivity (Wildman–Crippen MR) is 183 cm³/mol. The molecule has 1 aliphatic heterocycles. The summed E-state index contributed by atoms with van der Waals surface area (Å²) in [6.45, 7) is 1.13. The number of pyridine rings is 1. The second kappa shape index (κ2) is 12.0. The van der Waals surface area contributed by atoms with Crippen molar-refractivity contribution in [3.8, 4) is 17.2 Å². The lowest BCUT2D eigenvalue weighted by Crippen LogP contribution is -2.50. The number of benzene rings is 4. The molecular weight excluding hydrogens is 613 g/mol. The van der Waals surface area contributed by atoms with E-state index in [0.29, 0.717) is 18.7 Å². The number of amides is 1. The highest BCUT2D eigenvalue weighted by molar-refractivity contribution is 8.17. The van der Waals surface area contributed by atoms with E-state index in [-0.39, 0.29) is 19.0 Å². The number of para-hydroxylation sites is 1. The number of rotatable bonds is 7. The van der Waals surface area contributed by atoms with Crippen molar-refractivity contribution >= 4 is 37.7 Å². The van der Waals surface area contributed by atoms with Crippen LogP contribution in [0.5, 0.6) is 0 Å². The van der Waals surface area contributed by atoms with Gasteiger partial charge in [-0.2, -0.15) is 20.5 Å². The minimum Gasteiger partial charge on any atom is -0.336 e. The molecular formula is C37H34N4O3S2. The number of piperazine rings is 1. The van der Waals surface area contributed by atoms with Gasteiger partial charge in [0.15, 0.2) is 0 Å². The fraction of sp³-hybridized carbons (Fsp3) is 0.216. The van der Waals surface area contributed by atoms with Gasteiger partial charge in [-0.15, -0.1) is 0 Å². The Morgan fingerprint density at radius 3 is 1.98 bits per heavy atom. The molecule has 2 fully saturated rings. The highest BCUT2D eigenvalue weighted by Gasteiger charge is 2.44. The molecule has 5 aromatic rings. The highest BCUT2D eigenvalue weighted by Crippen LogP contribution is 2.54. The Hall–Kier alpha value is -4.49. The molecule has 0 bridgehead atoms. The first kappa shape index (κ1) is 30.2. The van der Waals surface area contributed by atoms with Crippen LogP contribution in [0.3, 0.4) is 0 Å². The van der Waals surface area contributed by atoms with Crippen molar-refractivity contribution in [2.75, 3.05) is 32.4 Å². The summed E-state index contributed by atoms with van der Waals surface area (Å²) in [5.41, 5.74) is 3.59. The Morgan fingerprint density at radius 1 is 0.826 bits per heavy atom. The molecule has 46 heavy (non-hydrogen) atoms. The number of fused-ring (bicyclic) bond motifs is 1. The molecule has 0 unspecified atom stereocenters. The van der Waals surface area contributed by atoms with Crippen molar-refractivity contribution in [1.29, 1.82) is 5.26 Å². The maximum atomic E-state index is 14.2. The minimum absolute atomic E-state index is 0.170. The van der Waals surface area contributed by atoms with Gasteiger partial charge in [-0.05, 0) is 64.1 Å². The van der Waals surface area contributed by atoms with Gasteiger partial charge in [0.05, 0.1) is 28.8 Å². The maximum Gasteiger partial charge on any atom is 0.256 e. The average Bonchev–Trinajstić information content (AvgIpc) is 3.90. The SMILES string of the molecule is CS(=O)(=O)N1CCN(C(=O)c2cnc3c([SH](c4ccccc4)c4ccccc4)cccc3c2-c2ccc(C3(C#N)CC3)cc2)CC1. The lowest BCUT2D eigenvalue weighted by Gasteiger charge is -2.33. The molecule has 0 N–H and O–H groups in total. The number of hydrogen-bond acceptors (Lipinski definition) is 5. The molecule has 1 aromatic heterocycles. The molecule has 1 amide bonds. The number of nitrogens with zero attached hydrogens (tertiary/aromatic N) is 4. The number of carbonyl (C=O) groups excluding carboxylic acids is 1. The molecule has 1 saturated carbocycles. The molecule has 4 aromatic carbocycles. The fourth-order valence-electron chi connectivity index (χ4n) is 6.38. The Labute approximate surface area is 272 Å². The highest BCUT2D eigenvalue weighted by atomic mass is 32.2. The van der Waals surface area contributed by atoms with E-state index < -0.39 is 26.3 Å². The van der Waals surface area contributed by atoms with Crippen LogP contribution in [0.1, 0.15) is 28.8 Å². The molecule has 0 atom stereocenters. The predicted octanol–water partition coefficient (Wildman–Crippen LogP) is 6.65.